The molecule has 0 unspecified atom stereocenters. The first-order valence-corrected chi connectivity index (χ1v) is 3.95. The van der Waals surface area contributed by atoms with Crippen molar-refractivity contribution in [3.8, 4) is 11.5 Å². The highest BCUT2D eigenvalue weighted by molar-refractivity contribution is 5.75. The predicted molar refractivity (Wildman–Crippen MR) is 47.0 cm³/mol. The number of aromatic amines is 1. The molecule has 0 aliphatic heterocycles. The number of hydrogen-bond donors (Lipinski definition) is 3. The van der Waals surface area contributed by atoms with Gasteiger partial charge in [0.15, 0.2) is 11.5 Å². The quantitative estimate of drug-likeness (QED) is 0.554. The number of carbonyl (C=O) groups is 1. The maximum absolute atomic E-state index is 10.6. The number of aromatic nitrogens is 5. The van der Waals surface area contributed by atoms with Gasteiger partial charge in [-0.15, -0.1) is 0 Å². The second-order valence-electron chi connectivity index (χ2n) is 2.75. The lowest BCUT2D eigenvalue weighted by atomic mass is 10.4. The maximum Gasteiger partial charge on any atom is 0.225 e. The minimum atomic E-state index is -0.510. The summed E-state index contributed by atoms with van der Waals surface area (Å²) in [6, 6.07) is 0. The minimum Gasteiger partial charge on any atom is -0.379 e. The van der Waals surface area contributed by atoms with Crippen molar-refractivity contribution in [2.24, 2.45) is 5.73 Å². The van der Waals surface area contributed by atoms with E-state index in [2.05, 4.69) is 30.1 Å². The van der Waals surface area contributed by atoms with Crippen LogP contribution in [0.3, 0.4) is 0 Å². The van der Waals surface area contributed by atoms with Gasteiger partial charge >= 0.3 is 0 Å². The molecule has 5 N–H and O–H groups in total. The Balaban J connectivity index is 2.28. The van der Waals surface area contributed by atoms with E-state index in [0.717, 1.165) is 0 Å². The highest BCUT2D eigenvalue weighted by Gasteiger charge is 2.15. The second-order valence-corrected chi connectivity index (χ2v) is 2.75. The molecule has 0 aliphatic carbocycles. The first-order chi connectivity index (χ1) is 7.16. The van der Waals surface area contributed by atoms with E-state index < -0.39 is 5.91 Å². The zero-order chi connectivity index (χ0) is 10.8. The van der Waals surface area contributed by atoms with Crippen LogP contribution in [0.15, 0.2) is 4.63 Å². The number of carbonyl (C=O) groups excluding carboxylic acids is 1. The highest BCUT2D eigenvalue weighted by atomic mass is 16.6. The lowest BCUT2D eigenvalue weighted by Crippen LogP contribution is -2.14. The average Bonchev–Trinajstić information content (AvgIpc) is 2.72. The molecule has 0 spiro atoms. The number of nitrogen functional groups attached to an aromatic ring is 1. The molecular weight excluding hydrogens is 202 g/mol. The van der Waals surface area contributed by atoms with E-state index in [4.69, 9.17) is 11.5 Å². The minimum absolute atomic E-state index is 0.0296. The van der Waals surface area contributed by atoms with Crippen LogP contribution < -0.4 is 11.5 Å². The molecule has 0 aromatic carbocycles. The lowest BCUT2D eigenvalue weighted by Gasteiger charge is -1.87. The summed E-state index contributed by atoms with van der Waals surface area (Å²) in [7, 11) is 0. The van der Waals surface area contributed by atoms with E-state index in [1.165, 1.54) is 0 Å². The molecule has 0 bridgehead atoms. The van der Waals surface area contributed by atoms with Crippen molar-refractivity contribution in [1.82, 2.24) is 25.5 Å². The molecule has 2 aromatic rings. The van der Waals surface area contributed by atoms with Crippen molar-refractivity contribution >= 4 is 11.7 Å². The zero-order valence-electron chi connectivity index (χ0n) is 7.47. The largest absolute Gasteiger partial charge is 0.379 e. The number of hydrogen-bond acceptors (Lipinski definition) is 7. The summed E-state index contributed by atoms with van der Waals surface area (Å²) in [6.07, 6.45) is -0.0296. The number of nitrogens with one attached hydrogen (secondary N) is 1. The van der Waals surface area contributed by atoms with Crippen molar-refractivity contribution in [2.75, 3.05) is 5.73 Å². The average molecular weight is 209 g/mol. The fourth-order valence-electron chi connectivity index (χ4n) is 0.996. The fraction of sp³-hybridized carbons (Fsp3) is 0.167. The third kappa shape index (κ3) is 1.75. The molecule has 9 heteroatoms. The number of nitrogens with two attached hydrogens (primary N) is 2. The van der Waals surface area contributed by atoms with Gasteiger partial charge < -0.3 is 11.5 Å². The van der Waals surface area contributed by atoms with Gasteiger partial charge in [-0.3, -0.25) is 9.89 Å². The Morgan fingerprint density at radius 3 is 2.87 bits per heavy atom. The van der Waals surface area contributed by atoms with E-state index in [0.29, 0.717) is 5.82 Å². The molecule has 2 heterocycles. The van der Waals surface area contributed by atoms with Crippen LogP contribution in [0.25, 0.3) is 11.5 Å². The third-order valence-corrected chi connectivity index (χ3v) is 1.60. The topological polar surface area (TPSA) is 150 Å². The summed E-state index contributed by atoms with van der Waals surface area (Å²) in [5.41, 5.74) is 10.6. The van der Waals surface area contributed by atoms with E-state index in [1.807, 2.05) is 0 Å². The number of rotatable bonds is 3. The van der Waals surface area contributed by atoms with Gasteiger partial charge in [-0.1, -0.05) is 0 Å². The van der Waals surface area contributed by atoms with E-state index >= 15 is 0 Å². The zero-order valence-corrected chi connectivity index (χ0v) is 7.47. The van der Waals surface area contributed by atoms with Crippen LogP contribution in [0, 0.1) is 0 Å². The number of H-pyrrole nitrogens is 1. The molecule has 0 saturated heterocycles. The van der Waals surface area contributed by atoms with Crippen LogP contribution in [0.1, 0.15) is 5.82 Å². The van der Waals surface area contributed by atoms with Gasteiger partial charge in [-0.2, -0.15) is 5.10 Å². The Morgan fingerprint density at radius 2 is 2.27 bits per heavy atom. The molecule has 2 rings (SSSR count). The Kier molecular flexibility index (Phi) is 2.04. The van der Waals surface area contributed by atoms with Crippen molar-refractivity contribution in [1.29, 1.82) is 0 Å². The van der Waals surface area contributed by atoms with Gasteiger partial charge in [0.2, 0.25) is 11.7 Å². The first kappa shape index (κ1) is 9.12. The Hall–Kier alpha value is -2.45. The molecule has 0 atom stereocenters. The second kappa shape index (κ2) is 3.36. The summed E-state index contributed by atoms with van der Waals surface area (Å²) < 4.78 is 4.38. The third-order valence-electron chi connectivity index (χ3n) is 1.60. The first-order valence-electron chi connectivity index (χ1n) is 3.95. The summed E-state index contributed by atoms with van der Waals surface area (Å²) in [5, 5.41) is 13.2. The standard InChI is InChI=1S/C6H7N7O2/c7-2(14)1-3-9-6(11-10-3)4-5(8)13-15-12-4/h1H2,(H2,7,14)(H2,8,13)(H,9,10,11). The number of nitrogens with zero attached hydrogens (tertiary/aromatic N) is 4. The fourth-order valence-corrected chi connectivity index (χ4v) is 0.996. The van der Waals surface area contributed by atoms with Crippen LogP contribution >= 0.6 is 0 Å². The molecule has 0 radical (unpaired) electrons. The number of anilines is 1. The van der Waals surface area contributed by atoms with E-state index in [9.17, 15) is 4.79 Å². The normalized spacial score (nSPS) is 10.4. The lowest BCUT2D eigenvalue weighted by molar-refractivity contribution is -0.117. The van der Waals surface area contributed by atoms with Gasteiger partial charge in [0.1, 0.15) is 5.82 Å². The van der Waals surface area contributed by atoms with E-state index in [-0.39, 0.29) is 23.8 Å². The van der Waals surface area contributed by atoms with Gasteiger partial charge in [0.25, 0.3) is 0 Å². The monoisotopic (exact) mass is 209 g/mol. The summed E-state index contributed by atoms with van der Waals surface area (Å²) in [4.78, 5) is 14.5. The van der Waals surface area contributed by atoms with Gasteiger partial charge in [0.05, 0.1) is 6.42 Å². The van der Waals surface area contributed by atoms with Crippen molar-refractivity contribution < 1.29 is 9.42 Å². The summed E-state index contributed by atoms with van der Waals surface area (Å²) in [6.45, 7) is 0. The predicted octanol–water partition coefficient (Wildman–Crippen LogP) is -1.54. The Bertz CT molecular complexity index is 487. The maximum atomic E-state index is 10.6. The van der Waals surface area contributed by atoms with Crippen LogP contribution in [0.2, 0.25) is 0 Å². The molecule has 0 aliphatic rings. The molecule has 1 amide bonds. The van der Waals surface area contributed by atoms with Crippen molar-refractivity contribution in [3.63, 3.8) is 0 Å². The molecule has 78 valence electrons. The molecular formula is C6H7N7O2. The van der Waals surface area contributed by atoms with Crippen LogP contribution in [-0.4, -0.2) is 31.4 Å². The van der Waals surface area contributed by atoms with Gasteiger partial charge in [-0.05, 0) is 10.3 Å². The summed E-state index contributed by atoms with van der Waals surface area (Å²) in [5.74, 6) is 0.119. The molecule has 15 heavy (non-hydrogen) atoms. The molecule has 9 nitrogen and oxygen atoms in total. The van der Waals surface area contributed by atoms with Crippen molar-refractivity contribution in [3.05, 3.63) is 5.82 Å². The molecule has 0 fully saturated rings. The summed E-state index contributed by atoms with van der Waals surface area (Å²) >= 11 is 0. The van der Waals surface area contributed by atoms with Crippen LogP contribution in [0.5, 0.6) is 0 Å². The van der Waals surface area contributed by atoms with Gasteiger partial charge in [0, 0.05) is 0 Å². The highest BCUT2D eigenvalue weighted by Crippen LogP contribution is 2.16. The van der Waals surface area contributed by atoms with Crippen molar-refractivity contribution in [2.45, 2.75) is 6.42 Å². The van der Waals surface area contributed by atoms with Crippen LogP contribution in [-0.2, 0) is 11.2 Å². The number of primary amides is 1. The van der Waals surface area contributed by atoms with E-state index in [1.54, 1.807) is 0 Å². The number of amides is 1. The smallest absolute Gasteiger partial charge is 0.225 e. The van der Waals surface area contributed by atoms with Gasteiger partial charge in [-0.25, -0.2) is 9.61 Å². The Morgan fingerprint density at radius 1 is 1.47 bits per heavy atom. The van der Waals surface area contributed by atoms with Crippen LogP contribution in [0.4, 0.5) is 5.82 Å². The molecule has 0 saturated carbocycles. The Labute approximate surface area is 82.8 Å². The SMILES string of the molecule is NC(=O)Cc1nc(-c2nonc2N)n[nH]1. The molecule has 2 aromatic heterocycles.